The summed E-state index contributed by atoms with van der Waals surface area (Å²) >= 11 is 0. The summed E-state index contributed by atoms with van der Waals surface area (Å²) in [5.41, 5.74) is -0.0878. The summed E-state index contributed by atoms with van der Waals surface area (Å²) in [7, 11) is 1.31. The van der Waals surface area contributed by atoms with Crippen LogP contribution >= 0.6 is 0 Å². The van der Waals surface area contributed by atoms with E-state index in [4.69, 9.17) is 4.74 Å². The van der Waals surface area contributed by atoms with E-state index in [2.05, 4.69) is 16.0 Å². The van der Waals surface area contributed by atoms with Gasteiger partial charge in [-0.05, 0) is 37.1 Å². The number of methoxy groups -OCH3 is 1. The summed E-state index contributed by atoms with van der Waals surface area (Å²) in [4.78, 5) is 47.1. The van der Waals surface area contributed by atoms with Gasteiger partial charge in [0.1, 0.15) is 11.6 Å². The first-order chi connectivity index (χ1) is 22.9. The number of rotatable bonds is 7. The zero-order chi connectivity index (χ0) is 38.5. The summed E-state index contributed by atoms with van der Waals surface area (Å²) in [6, 6.07) is 21.9. The molecule has 3 amide bonds. The monoisotopic (exact) mass is 695 g/mol. The third-order valence-corrected chi connectivity index (χ3v) is 7.30. The van der Waals surface area contributed by atoms with Crippen LogP contribution in [0.15, 0.2) is 78.9 Å². The van der Waals surface area contributed by atoms with Gasteiger partial charge in [-0.15, -0.1) is 0 Å². The van der Waals surface area contributed by atoms with Crippen LogP contribution in [0, 0.1) is 27.9 Å². The van der Waals surface area contributed by atoms with Crippen molar-refractivity contribution in [1.29, 1.82) is 0 Å². The lowest BCUT2D eigenvalue weighted by molar-refractivity contribution is -0.146. The highest BCUT2D eigenvalue weighted by Gasteiger charge is 2.30. The molecule has 3 aromatic rings. The Balaban J connectivity index is 0.000000376. The SMILES string of the molecule is CC(C)(C)C(=O)NC(C)(C)c1ccccc1.CC(C)(C)C(=O)NCc1c(F)cccc1F.COC(=O)[C@@H](NC(=O)C(C)(C)C)c1ccccc1. The number of hydrogen-bond donors (Lipinski definition) is 3. The third-order valence-electron chi connectivity index (χ3n) is 7.30. The van der Waals surface area contributed by atoms with Crippen LogP contribution in [-0.4, -0.2) is 30.8 Å². The summed E-state index contributed by atoms with van der Waals surface area (Å²) in [5.74, 6) is -2.12. The topological polar surface area (TPSA) is 114 Å². The fraction of sp³-hybridized carbons (Fsp3) is 0.450. The molecule has 0 aliphatic heterocycles. The van der Waals surface area contributed by atoms with Gasteiger partial charge in [0.15, 0.2) is 6.04 Å². The minimum absolute atomic E-state index is 0.0707. The van der Waals surface area contributed by atoms with Crippen molar-refractivity contribution in [2.75, 3.05) is 7.11 Å². The van der Waals surface area contributed by atoms with E-state index in [1.807, 2.05) is 83.1 Å². The molecule has 3 rings (SSSR count). The molecule has 0 radical (unpaired) electrons. The highest BCUT2D eigenvalue weighted by atomic mass is 19.1. The molecule has 0 spiro atoms. The van der Waals surface area contributed by atoms with E-state index in [0.29, 0.717) is 5.56 Å². The number of carbonyl (C=O) groups is 4. The van der Waals surface area contributed by atoms with Gasteiger partial charge in [-0.3, -0.25) is 14.4 Å². The Morgan fingerprint density at radius 1 is 0.620 bits per heavy atom. The molecule has 10 heteroatoms. The van der Waals surface area contributed by atoms with E-state index in [1.54, 1.807) is 53.7 Å². The van der Waals surface area contributed by atoms with Gasteiger partial charge in [-0.1, -0.05) is 129 Å². The van der Waals surface area contributed by atoms with Crippen molar-refractivity contribution in [3.8, 4) is 0 Å². The lowest BCUT2D eigenvalue weighted by Gasteiger charge is -2.30. The number of ether oxygens (including phenoxy) is 1. The first-order valence-corrected chi connectivity index (χ1v) is 16.4. The van der Waals surface area contributed by atoms with E-state index >= 15 is 0 Å². The molecule has 0 saturated carbocycles. The van der Waals surface area contributed by atoms with Gasteiger partial charge in [0, 0.05) is 28.4 Å². The number of amides is 3. The second kappa shape index (κ2) is 18.4. The molecule has 0 aliphatic rings. The van der Waals surface area contributed by atoms with Crippen LogP contribution in [0.5, 0.6) is 0 Å². The van der Waals surface area contributed by atoms with Gasteiger partial charge in [-0.2, -0.15) is 0 Å². The molecule has 1 atom stereocenters. The Kier molecular flexibility index (Phi) is 16.0. The van der Waals surface area contributed by atoms with Crippen molar-refractivity contribution in [1.82, 2.24) is 16.0 Å². The Morgan fingerprint density at radius 3 is 1.48 bits per heavy atom. The highest BCUT2D eigenvalue weighted by molar-refractivity contribution is 5.88. The summed E-state index contributed by atoms with van der Waals surface area (Å²) in [5, 5.41) is 8.29. The smallest absolute Gasteiger partial charge is 0.333 e. The fourth-order valence-electron chi connectivity index (χ4n) is 3.92. The molecule has 0 heterocycles. The number of esters is 1. The maximum Gasteiger partial charge on any atom is 0.333 e. The fourth-order valence-corrected chi connectivity index (χ4v) is 3.92. The van der Waals surface area contributed by atoms with Gasteiger partial charge in [0.2, 0.25) is 17.7 Å². The van der Waals surface area contributed by atoms with E-state index in [0.717, 1.165) is 5.56 Å². The van der Waals surface area contributed by atoms with Gasteiger partial charge >= 0.3 is 5.97 Å². The normalized spacial score (nSPS) is 12.1. The second-order valence-electron chi connectivity index (χ2n) is 15.4. The van der Waals surface area contributed by atoms with E-state index < -0.39 is 34.5 Å². The number of nitrogens with one attached hydrogen (secondary N) is 3. The predicted molar refractivity (Wildman–Crippen MR) is 194 cm³/mol. The van der Waals surface area contributed by atoms with Crippen LogP contribution in [0.3, 0.4) is 0 Å². The number of carbonyl (C=O) groups excluding carboxylic acids is 4. The molecule has 274 valence electrons. The van der Waals surface area contributed by atoms with Crippen molar-refractivity contribution in [3.63, 3.8) is 0 Å². The number of halogens is 2. The van der Waals surface area contributed by atoms with Crippen molar-refractivity contribution < 1.29 is 32.7 Å². The minimum Gasteiger partial charge on any atom is -0.467 e. The molecule has 0 fully saturated rings. The molecule has 0 aromatic heterocycles. The van der Waals surface area contributed by atoms with Crippen LogP contribution in [0.4, 0.5) is 8.78 Å². The molecule has 3 aromatic carbocycles. The summed E-state index contributed by atoms with van der Waals surface area (Å²) < 4.78 is 31.1. The van der Waals surface area contributed by atoms with Crippen LogP contribution in [0.2, 0.25) is 0 Å². The van der Waals surface area contributed by atoms with Crippen molar-refractivity contribution in [3.05, 3.63) is 107 Å². The molecule has 50 heavy (non-hydrogen) atoms. The van der Waals surface area contributed by atoms with E-state index in [1.165, 1.54) is 25.3 Å². The standard InChI is InChI=1S/C14H19NO3.C14H21NO.C12H15F2NO/c1-14(2,3)13(17)15-11(12(16)18-4)10-8-6-5-7-9-10;1-13(2,3)12(16)15-14(4,5)11-9-7-6-8-10-11;1-12(2,3)11(16)15-7-8-9(13)5-4-6-10(8)14/h5-9,11H,1-4H3,(H,15,17);6-10H,1-5H3,(H,15,16);4-6H,7H2,1-3H3,(H,15,16)/t11-;;/m0../s1. The largest absolute Gasteiger partial charge is 0.467 e. The minimum atomic E-state index is -0.761. The van der Waals surface area contributed by atoms with Crippen molar-refractivity contribution >= 4 is 23.7 Å². The Labute approximate surface area is 296 Å². The molecule has 0 bridgehead atoms. The predicted octanol–water partition coefficient (Wildman–Crippen LogP) is 7.77. The average molecular weight is 696 g/mol. The zero-order valence-electron chi connectivity index (χ0n) is 31.6. The van der Waals surface area contributed by atoms with Gasteiger partial charge < -0.3 is 20.7 Å². The highest BCUT2D eigenvalue weighted by Crippen LogP contribution is 2.23. The van der Waals surface area contributed by atoms with Crippen molar-refractivity contribution in [2.45, 2.75) is 94.3 Å². The molecular weight excluding hydrogens is 640 g/mol. The second-order valence-corrected chi connectivity index (χ2v) is 15.4. The van der Waals surface area contributed by atoms with Gasteiger partial charge in [0.25, 0.3) is 0 Å². The number of benzene rings is 3. The van der Waals surface area contributed by atoms with E-state index in [-0.39, 0.29) is 40.8 Å². The van der Waals surface area contributed by atoms with Crippen LogP contribution in [-0.2, 0) is 36.0 Å². The number of hydrogen-bond acceptors (Lipinski definition) is 5. The molecule has 8 nitrogen and oxygen atoms in total. The quantitative estimate of drug-likeness (QED) is 0.219. The maximum atomic E-state index is 13.2. The first-order valence-electron chi connectivity index (χ1n) is 16.4. The summed E-state index contributed by atoms with van der Waals surface area (Å²) in [6.45, 7) is 20.3. The van der Waals surface area contributed by atoms with Gasteiger partial charge in [0.05, 0.1) is 12.6 Å². The Morgan fingerprint density at radius 2 is 1.06 bits per heavy atom. The van der Waals surface area contributed by atoms with Crippen molar-refractivity contribution in [2.24, 2.45) is 16.2 Å². The third kappa shape index (κ3) is 14.5. The summed E-state index contributed by atoms with van der Waals surface area (Å²) in [6.07, 6.45) is 0. The Bertz CT molecular complexity index is 1540. The molecule has 3 N–H and O–H groups in total. The lowest BCUT2D eigenvalue weighted by atomic mass is 9.90. The van der Waals surface area contributed by atoms with E-state index in [9.17, 15) is 28.0 Å². The van der Waals surface area contributed by atoms with Crippen LogP contribution in [0.1, 0.15) is 98.9 Å². The van der Waals surface area contributed by atoms with Gasteiger partial charge in [-0.25, -0.2) is 13.6 Å². The molecule has 0 unspecified atom stereocenters. The van der Waals surface area contributed by atoms with Crippen LogP contribution < -0.4 is 16.0 Å². The Hall–Kier alpha value is -4.60. The first kappa shape index (κ1) is 43.4. The average Bonchev–Trinajstić information content (AvgIpc) is 3.02. The maximum absolute atomic E-state index is 13.2. The molecular formula is C40H55F2N3O5. The lowest BCUT2D eigenvalue weighted by Crippen LogP contribution is -2.46. The molecule has 0 aliphatic carbocycles. The molecule has 0 saturated heterocycles. The zero-order valence-corrected chi connectivity index (χ0v) is 31.6. The van der Waals surface area contributed by atoms with Crippen LogP contribution in [0.25, 0.3) is 0 Å².